The molecule has 35 heavy (non-hydrogen) atoms. The van der Waals surface area contributed by atoms with Gasteiger partial charge < -0.3 is 24.8 Å². The molecule has 2 heterocycles. The molecule has 0 bridgehead atoms. The lowest BCUT2D eigenvalue weighted by atomic mass is 10.00. The van der Waals surface area contributed by atoms with Crippen LogP contribution in [0.3, 0.4) is 0 Å². The van der Waals surface area contributed by atoms with E-state index >= 15 is 0 Å². The van der Waals surface area contributed by atoms with E-state index in [1.165, 1.54) is 0 Å². The third-order valence-electron chi connectivity index (χ3n) is 5.65. The Labute approximate surface area is 212 Å². The molecule has 11 heteroatoms. The number of aromatic nitrogens is 2. The van der Waals surface area contributed by atoms with Gasteiger partial charge in [-0.05, 0) is 63.8 Å². The molecule has 1 aliphatic heterocycles. The maximum absolute atomic E-state index is 12.7. The Morgan fingerprint density at radius 2 is 1.89 bits per heavy atom. The summed E-state index contributed by atoms with van der Waals surface area (Å²) in [5.74, 6) is 1.96. The standard InChI is InChI=1S/C24H28BrN5O5/c1-29-23(19(25)13-27-29)18-12-17(4-5-20(18)34-9-7-26)28-24(31)35-30-8-6-15-10-21(32-2)22(33-3)11-16(15)14-30/h4-5,10-13H,6-9,14,26H2,1-3H3,(H,28,31). The molecule has 0 unspecified atom stereocenters. The van der Waals surface area contributed by atoms with Crippen molar-refractivity contribution < 1.29 is 23.8 Å². The van der Waals surface area contributed by atoms with Crippen LogP contribution in [0.5, 0.6) is 17.2 Å². The number of carbonyl (C=O) groups is 1. The summed E-state index contributed by atoms with van der Waals surface area (Å²) < 4.78 is 19.1. The van der Waals surface area contributed by atoms with E-state index in [0.717, 1.165) is 33.3 Å². The highest BCUT2D eigenvalue weighted by Crippen LogP contribution is 2.37. The molecule has 1 aliphatic rings. The van der Waals surface area contributed by atoms with E-state index in [4.69, 9.17) is 24.8 Å². The summed E-state index contributed by atoms with van der Waals surface area (Å²) in [5, 5.41) is 8.71. The van der Waals surface area contributed by atoms with Crippen LogP contribution in [0.4, 0.5) is 10.5 Å². The fourth-order valence-corrected chi connectivity index (χ4v) is 4.56. The number of ether oxygens (including phenoxy) is 3. The molecule has 1 amide bonds. The molecule has 2 aromatic carbocycles. The molecule has 0 saturated carbocycles. The number of anilines is 1. The number of amides is 1. The molecule has 0 atom stereocenters. The van der Waals surface area contributed by atoms with Gasteiger partial charge >= 0.3 is 6.09 Å². The minimum absolute atomic E-state index is 0.365. The van der Waals surface area contributed by atoms with Crippen LogP contribution in [0, 0.1) is 0 Å². The van der Waals surface area contributed by atoms with E-state index in [1.807, 2.05) is 25.2 Å². The fraction of sp³-hybridized carbons (Fsp3) is 0.333. The molecule has 1 aromatic heterocycles. The van der Waals surface area contributed by atoms with E-state index < -0.39 is 6.09 Å². The lowest BCUT2D eigenvalue weighted by Crippen LogP contribution is -2.34. The molecule has 0 radical (unpaired) electrons. The van der Waals surface area contributed by atoms with Crippen LogP contribution in [0.15, 0.2) is 41.0 Å². The second-order valence-corrected chi connectivity index (χ2v) is 8.76. The van der Waals surface area contributed by atoms with Crippen molar-refractivity contribution in [3.05, 3.63) is 52.1 Å². The molecular formula is C24H28BrN5O5. The van der Waals surface area contributed by atoms with E-state index in [9.17, 15) is 4.79 Å². The average molecular weight is 546 g/mol. The summed E-state index contributed by atoms with van der Waals surface area (Å²) in [6.45, 7) is 1.76. The Hall–Kier alpha value is -3.28. The summed E-state index contributed by atoms with van der Waals surface area (Å²) in [6.07, 6.45) is 1.84. The molecular weight excluding hydrogens is 518 g/mol. The predicted octanol–water partition coefficient (Wildman–Crippen LogP) is 3.73. The molecule has 10 nitrogen and oxygen atoms in total. The Kier molecular flexibility index (Phi) is 7.79. The second-order valence-electron chi connectivity index (χ2n) is 7.91. The van der Waals surface area contributed by atoms with Crippen molar-refractivity contribution in [3.63, 3.8) is 0 Å². The quantitative estimate of drug-likeness (QED) is 0.440. The zero-order valence-electron chi connectivity index (χ0n) is 19.8. The van der Waals surface area contributed by atoms with Gasteiger partial charge in [0.25, 0.3) is 0 Å². The first kappa shape index (κ1) is 24.8. The van der Waals surface area contributed by atoms with Gasteiger partial charge in [-0.15, -0.1) is 5.06 Å². The van der Waals surface area contributed by atoms with Crippen LogP contribution in [-0.2, 0) is 24.9 Å². The van der Waals surface area contributed by atoms with Gasteiger partial charge in [-0.25, -0.2) is 4.79 Å². The number of benzene rings is 2. The third kappa shape index (κ3) is 5.53. The largest absolute Gasteiger partial charge is 0.493 e. The molecule has 0 fully saturated rings. The van der Waals surface area contributed by atoms with Gasteiger partial charge in [-0.2, -0.15) is 5.10 Å². The maximum Gasteiger partial charge on any atom is 0.430 e. The van der Waals surface area contributed by atoms with E-state index in [0.29, 0.717) is 49.2 Å². The lowest BCUT2D eigenvalue weighted by Gasteiger charge is -2.28. The van der Waals surface area contributed by atoms with Crippen LogP contribution in [-0.4, -0.2) is 54.9 Å². The van der Waals surface area contributed by atoms with Crippen LogP contribution < -0.4 is 25.3 Å². The summed E-state index contributed by atoms with van der Waals surface area (Å²) in [5.41, 5.74) is 9.90. The van der Waals surface area contributed by atoms with Gasteiger partial charge in [-0.1, -0.05) is 0 Å². The first-order chi connectivity index (χ1) is 16.9. The SMILES string of the molecule is COc1cc2c(cc1OC)CN(OC(=O)Nc1ccc(OCCN)c(-c3c(Br)cnn3C)c1)CC2. The van der Waals surface area contributed by atoms with E-state index in [2.05, 4.69) is 26.3 Å². The number of nitrogens with one attached hydrogen (secondary N) is 1. The van der Waals surface area contributed by atoms with Crippen LogP contribution in [0.2, 0.25) is 0 Å². The van der Waals surface area contributed by atoms with Crippen molar-refractivity contribution in [3.8, 4) is 28.5 Å². The number of halogens is 1. The molecule has 0 saturated heterocycles. The van der Waals surface area contributed by atoms with E-state index in [1.54, 1.807) is 42.3 Å². The molecule has 0 spiro atoms. The highest BCUT2D eigenvalue weighted by molar-refractivity contribution is 9.10. The minimum atomic E-state index is -0.584. The minimum Gasteiger partial charge on any atom is -0.493 e. The van der Waals surface area contributed by atoms with Gasteiger partial charge in [0.05, 0.1) is 37.1 Å². The average Bonchev–Trinajstić information content (AvgIpc) is 3.19. The summed E-state index contributed by atoms with van der Waals surface area (Å²) >= 11 is 3.53. The number of hydroxylamine groups is 2. The van der Waals surface area contributed by atoms with Crippen molar-refractivity contribution in [2.24, 2.45) is 12.8 Å². The summed E-state index contributed by atoms with van der Waals surface area (Å²) in [4.78, 5) is 18.3. The van der Waals surface area contributed by atoms with Crippen molar-refractivity contribution in [1.29, 1.82) is 0 Å². The third-order valence-corrected chi connectivity index (χ3v) is 6.23. The van der Waals surface area contributed by atoms with Crippen LogP contribution in [0.1, 0.15) is 11.1 Å². The summed E-state index contributed by atoms with van der Waals surface area (Å²) in [7, 11) is 5.04. The van der Waals surface area contributed by atoms with Gasteiger partial charge in [0.2, 0.25) is 0 Å². The Bertz CT molecular complexity index is 1200. The van der Waals surface area contributed by atoms with Crippen molar-refractivity contribution >= 4 is 27.7 Å². The summed E-state index contributed by atoms with van der Waals surface area (Å²) in [6, 6.07) is 9.25. The van der Waals surface area contributed by atoms with Gasteiger partial charge in [-0.3, -0.25) is 10.00 Å². The number of fused-ring (bicyclic) bond motifs is 1. The number of nitrogens with two attached hydrogens (primary N) is 1. The Balaban J connectivity index is 1.48. The van der Waals surface area contributed by atoms with Gasteiger partial charge in [0, 0.05) is 31.4 Å². The molecule has 3 aromatic rings. The van der Waals surface area contributed by atoms with Crippen molar-refractivity contribution in [2.75, 3.05) is 39.2 Å². The number of aryl methyl sites for hydroxylation is 1. The Morgan fingerprint density at radius 1 is 1.14 bits per heavy atom. The lowest BCUT2D eigenvalue weighted by molar-refractivity contribution is -0.105. The highest BCUT2D eigenvalue weighted by atomic mass is 79.9. The molecule has 3 N–H and O–H groups in total. The van der Waals surface area contributed by atoms with Crippen molar-refractivity contribution in [1.82, 2.24) is 14.8 Å². The predicted molar refractivity (Wildman–Crippen MR) is 135 cm³/mol. The van der Waals surface area contributed by atoms with Gasteiger partial charge in [0.15, 0.2) is 11.5 Å². The van der Waals surface area contributed by atoms with Gasteiger partial charge in [0.1, 0.15) is 12.4 Å². The molecule has 0 aliphatic carbocycles. The van der Waals surface area contributed by atoms with Crippen LogP contribution >= 0.6 is 15.9 Å². The monoisotopic (exact) mass is 545 g/mol. The molecule has 4 rings (SSSR count). The number of nitrogens with zero attached hydrogens (tertiary/aromatic N) is 3. The molecule has 186 valence electrons. The topological polar surface area (TPSA) is 113 Å². The van der Waals surface area contributed by atoms with Crippen LogP contribution in [0.25, 0.3) is 11.3 Å². The number of hydrogen-bond acceptors (Lipinski definition) is 8. The first-order valence-corrected chi connectivity index (χ1v) is 11.8. The second kappa shape index (κ2) is 11.0. The van der Waals surface area contributed by atoms with Crippen molar-refractivity contribution in [2.45, 2.75) is 13.0 Å². The first-order valence-electron chi connectivity index (χ1n) is 11.1. The number of carbonyl (C=O) groups excluding carboxylic acids is 1. The Morgan fingerprint density at radius 3 is 2.54 bits per heavy atom. The zero-order chi connectivity index (χ0) is 24.9. The highest BCUT2D eigenvalue weighted by Gasteiger charge is 2.23. The van der Waals surface area contributed by atoms with E-state index in [-0.39, 0.29) is 0 Å². The smallest absolute Gasteiger partial charge is 0.430 e. The number of hydrogen-bond donors (Lipinski definition) is 2. The number of rotatable bonds is 8. The zero-order valence-corrected chi connectivity index (χ0v) is 21.4. The number of methoxy groups -OCH3 is 2. The normalized spacial score (nSPS) is 13.2. The fourth-order valence-electron chi connectivity index (χ4n) is 3.99. The maximum atomic E-state index is 12.7.